The zero-order valence-corrected chi connectivity index (χ0v) is 18.5. The normalized spacial score (nSPS) is 13.2. The van der Waals surface area contributed by atoms with Gasteiger partial charge in [-0.05, 0) is 67.6 Å². The van der Waals surface area contributed by atoms with Crippen LogP contribution in [0.5, 0.6) is 0 Å². The van der Waals surface area contributed by atoms with Gasteiger partial charge in [0.25, 0.3) is 0 Å². The van der Waals surface area contributed by atoms with Crippen LogP contribution in [0.3, 0.4) is 0 Å². The third-order valence-corrected chi connectivity index (χ3v) is 7.14. The maximum absolute atomic E-state index is 12.7. The summed E-state index contributed by atoms with van der Waals surface area (Å²) in [5, 5.41) is 11.9. The Morgan fingerprint density at radius 3 is 2.41 bits per heavy atom. The van der Waals surface area contributed by atoms with Gasteiger partial charge >= 0.3 is 6.03 Å². The number of nitrogens with one attached hydrogen (secondary N) is 2. The molecule has 0 radical (unpaired) electrons. The first-order valence-electron chi connectivity index (χ1n) is 10.2. The van der Waals surface area contributed by atoms with Crippen molar-refractivity contribution in [1.29, 1.82) is 0 Å². The number of benzene rings is 2. The summed E-state index contributed by atoms with van der Waals surface area (Å²) >= 11 is 0. The highest BCUT2D eigenvalue weighted by molar-refractivity contribution is 6.88. The first-order chi connectivity index (χ1) is 13.8. The van der Waals surface area contributed by atoms with Crippen molar-refractivity contribution in [3.8, 4) is 5.69 Å². The van der Waals surface area contributed by atoms with Gasteiger partial charge in [-0.3, -0.25) is 5.32 Å². The number of carbonyl (C=O) groups is 1. The van der Waals surface area contributed by atoms with Gasteiger partial charge in [0.1, 0.15) is 13.9 Å². The van der Waals surface area contributed by atoms with E-state index in [9.17, 15) is 4.79 Å². The lowest BCUT2D eigenvalue weighted by Crippen LogP contribution is -2.39. The number of carbonyl (C=O) groups excluding carboxylic acids is 1. The zero-order valence-electron chi connectivity index (χ0n) is 17.5. The van der Waals surface area contributed by atoms with Gasteiger partial charge in [0, 0.05) is 11.0 Å². The van der Waals surface area contributed by atoms with Gasteiger partial charge in [0.2, 0.25) is 0 Å². The van der Waals surface area contributed by atoms with E-state index in [2.05, 4.69) is 61.5 Å². The number of rotatable bonds is 4. The van der Waals surface area contributed by atoms with Crippen LogP contribution in [0.2, 0.25) is 19.6 Å². The van der Waals surface area contributed by atoms with E-state index in [-0.39, 0.29) is 6.03 Å². The average molecular weight is 405 g/mol. The fourth-order valence-electron chi connectivity index (χ4n) is 3.65. The molecule has 1 aliphatic carbocycles. The van der Waals surface area contributed by atoms with E-state index < -0.39 is 8.07 Å². The third kappa shape index (κ3) is 4.27. The van der Waals surface area contributed by atoms with Crippen LogP contribution in [0.4, 0.5) is 16.3 Å². The molecule has 6 heteroatoms. The molecule has 29 heavy (non-hydrogen) atoms. The number of urea groups is 1. The fourth-order valence-corrected chi connectivity index (χ4v) is 4.62. The molecule has 0 saturated heterocycles. The summed E-state index contributed by atoms with van der Waals surface area (Å²) < 4.78 is 1.83. The minimum atomic E-state index is -1.63. The van der Waals surface area contributed by atoms with Gasteiger partial charge < -0.3 is 5.32 Å². The standard InChI is InChI=1S/C23H28N4OSi/c1-16-8-12-20(13-9-16)27-21(15-22(26-27)29(2,3)4)25-23(28)24-19-11-10-17-6-5-7-18(17)14-19/h8-15H,5-7H2,1-4H3,(H2,24,25,28). The molecule has 5 nitrogen and oxygen atoms in total. The summed E-state index contributed by atoms with van der Waals surface area (Å²) in [4.78, 5) is 12.7. The van der Waals surface area contributed by atoms with Gasteiger partial charge in [-0.15, -0.1) is 0 Å². The Labute approximate surface area is 173 Å². The number of hydrogen-bond donors (Lipinski definition) is 2. The molecule has 3 aromatic rings. The monoisotopic (exact) mass is 404 g/mol. The Hall–Kier alpha value is -2.86. The molecule has 0 spiro atoms. The van der Waals surface area contributed by atoms with Crippen LogP contribution in [0, 0.1) is 6.92 Å². The van der Waals surface area contributed by atoms with Crippen molar-refractivity contribution in [3.05, 3.63) is 65.2 Å². The topological polar surface area (TPSA) is 59.0 Å². The van der Waals surface area contributed by atoms with Crippen molar-refractivity contribution in [2.24, 2.45) is 0 Å². The minimum Gasteiger partial charge on any atom is -0.308 e. The molecule has 0 atom stereocenters. The van der Waals surface area contributed by atoms with Gasteiger partial charge in [-0.25, -0.2) is 9.48 Å². The molecule has 2 aromatic carbocycles. The van der Waals surface area contributed by atoms with Crippen LogP contribution in [0.1, 0.15) is 23.1 Å². The molecule has 1 aliphatic rings. The number of anilines is 2. The number of fused-ring (bicyclic) bond motifs is 1. The lowest BCUT2D eigenvalue weighted by Gasteiger charge is -2.11. The van der Waals surface area contributed by atoms with Crippen LogP contribution in [-0.2, 0) is 12.8 Å². The predicted molar refractivity (Wildman–Crippen MR) is 122 cm³/mol. The van der Waals surface area contributed by atoms with Gasteiger partial charge in [-0.2, -0.15) is 5.10 Å². The molecule has 0 bridgehead atoms. The highest BCUT2D eigenvalue weighted by Gasteiger charge is 2.23. The van der Waals surface area contributed by atoms with Crippen LogP contribution < -0.4 is 16.0 Å². The number of nitrogens with zero attached hydrogens (tertiary/aromatic N) is 2. The van der Waals surface area contributed by atoms with E-state index in [0.29, 0.717) is 5.82 Å². The largest absolute Gasteiger partial charge is 0.324 e. The lowest BCUT2D eigenvalue weighted by atomic mass is 10.1. The fraction of sp³-hybridized carbons (Fsp3) is 0.304. The summed E-state index contributed by atoms with van der Waals surface area (Å²) in [6.45, 7) is 8.82. The second-order valence-corrected chi connectivity index (χ2v) is 13.8. The molecule has 1 heterocycles. The second-order valence-electron chi connectivity index (χ2n) is 8.83. The Kier molecular flexibility index (Phi) is 5.04. The molecule has 4 rings (SSSR count). The average Bonchev–Trinajstić information content (AvgIpc) is 3.28. The van der Waals surface area contributed by atoms with E-state index in [1.165, 1.54) is 23.1 Å². The van der Waals surface area contributed by atoms with Crippen molar-refractivity contribution < 1.29 is 4.79 Å². The third-order valence-electron chi connectivity index (χ3n) is 5.35. The maximum atomic E-state index is 12.7. The SMILES string of the molecule is Cc1ccc(-n2nc([Si](C)(C)C)cc2NC(=O)Nc2ccc3c(c2)CCC3)cc1. The van der Waals surface area contributed by atoms with E-state index in [0.717, 1.165) is 29.5 Å². The molecule has 2 amide bonds. The first kappa shape index (κ1) is 19.5. The molecule has 150 valence electrons. The summed E-state index contributed by atoms with van der Waals surface area (Å²) in [5.41, 5.74) is 5.69. The Morgan fingerprint density at radius 2 is 1.69 bits per heavy atom. The van der Waals surface area contributed by atoms with Gasteiger partial charge in [-0.1, -0.05) is 43.4 Å². The number of hydrogen-bond acceptors (Lipinski definition) is 2. The van der Waals surface area contributed by atoms with Crippen LogP contribution in [0.25, 0.3) is 5.69 Å². The lowest BCUT2D eigenvalue weighted by molar-refractivity contribution is 0.262. The Morgan fingerprint density at radius 1 is 0.966 bits per heavy atom. The van der Waals surface area contributed by atoms with Crippen molar-refractivity contribution in [1.82, 2.24) is 9.78 Å². The molecule has 0 aliphatic heterocycles. The van der Waals surface area contributed by atoms with Crippen molar-refractivity contribution in [3.63, 3.8) is 0 Å². The summed E-state index contributed by atoms with van der Waals surface area (Å²) in [6, 6.07) is 16.1. The summed E-state index contributed by atoms with van der Waals surface area (Å²) in [5.74, 6) is 0.685. The minimum absolute atomic E-state index is 0.252. The number of aromatic nitrogens is 2. The number of amides is 2. The summed E-state index contributed by atoms with van der Waals surface area (Å²) in [6.07, 6.45) is 3.42. The van der Waals surface area contributed by atoms with Crippen molar-refractivity contribution in [2.45, 2.75) is 45.8 Å². The molecule has 1 aromatic heterocycles. The Bertz CT molecular complexity index is 1050. The highest BCUT2D eigenvalue weighted by atomic mass is 28.3. The molecule has 2 N–H and O–H groups in total. The molecule has 0 fully saturated rings. The second kappa shape index (κ2) is 7.52. The van der Waals surface area contributed by atoms with E-state index in [1.54, 1.807) is 0 Å². The smallest absolute Gasteiger partial charge is 0.308 e. The highest BCUT2D eigenvalue weighted by Crippen LogP contribution is 2.25. The molecular formula is C23H28N4OSi. The number of aryl methyl sites for hydroxylation is 3. The van der Waals surface area contributed by atoms with Gasteiger partial charge in [0.15, 0.2) is 0 Å². The maximum Gasteiger partial charge on any atom is 0.324 e. The van der Waals surface area contributed by atoms with Crippen molar-refractivity contribution >= 4 is 30.9 Å². The van der Waals surface area contributed by atoms with E-state index in [1.807, 2.05) is 28.9 Å². The van der Waals surface area contributed by atoms with E-state index >= 15 is 0 Å². The molecule has 0 unspecified atom stereocenters. The first-order valence-corrected chi connectivity index (χ1v) is 13.7. The zero-order chi connectivity index (χ0) is 20.6. The van der Waals surface area contributed by atoms with Crippen LogP contribution in [-0.4, -0.2) is 23.9 Å². The van der Waals surface area contributed by atoms with E-state index in [4.69, 9.17) is 5.10 Å². The van der Waals surface area contributed by atoms with Gasteiger partial charge in [0.05, 0.1) is 5.69 Å². The summed E-state index contributed by atoms with van der Waals surface area (Å²) in [7, 11) is -1.63. The van der Waals surface area contributed by atoms with Crippen molar-refractivity contribution in [2.75, 3.05) is 10.6 Å². The molecule has 0 saturated carbocycles. The predicted octanol–water partition coefficient (Wildman–Crippen LogP) is 4.86. The van der Waals surface area contributed by atoms with Crippen LogP contribution in [0.15, 0.2) is 48.5 Å². The van der Waals surface area contributed by atoms with Crippen LogP contribution >= 0.6 is 0 Å². The quantitative estimate of drug-likeness (QED) is 0.610. The Balaban J connectivity index is 1.59. The molecular weight excluding hydrogens is 376 g/mol.